The molecule has 10 heteroatoms. The Morgan fingerprint density at radius 2 is 2.17 bits per heavy atom. The van der Waals surface area contributed by atoms with E-state index < -0.39 is 28.6 Å². The Balaban J connectivity index is 2.27. The van der Waals surface area contributed by atoms with Gasteiger partial charge in [0.15, 0.2) is 0 Å². The van der Waals surface area contributed by atoms with Crippen LogP contribution in [0.1, 0.15) is 12.5 Å². The maximum Gasteiger partial charge on any atom is 0.326 e. The molecule has 1 aromatic rings. The molecule has 1 aromatic carbocycles. The third-order valence-corrected chi connectivity index (χ3v) is 4.19. The number of carbonyl (C=O) groups excluding carboxylic acids is 3. The lowest BCUT2D eigenvalue weighted by atomic mass is 10.2. The van der Waals surface area contributed by atoms with Gasteiger partial charge in [0.1, 0.15) is 6.54 Å². The van der Waals surface area contributed by atoms with Crippen molar-refractivity contribution < 1.29 is 24.0 Å². The van der Waals surface area contributed by atoms with Gasteiger partial charge in [0.2, 0.25) is 0 Å². The monoisotopic (exact) mass is 370 g/mol. The number of nitro groups is 1. The molecule has 0 N–H and O–H groups in total. The maximum absolute atomic E-state index is 12.2. The zero-order chi connectivity index (χ0) is 17.9. The summed E-state index contributed by atoms with van der Waals surface area (Å²) in [4.78, 5) is 46.5. The predicted octanol–water partition coefficient (Wildman–Crippen LogP) is 2.85. The molecule has 0 aromatic heterocycles. The first kappa shape index (κ1) is 18.0. The van der Waals surface area contributed by atoms with Gasteiger partial charge < -0.3 is 4.74 Å². The molecule has 0 spiro atoms. The first-order valence-corrected chi connectivity index (χ1v) is 7.88. The average Bonchev–Trinajstić information content (AvgIpc) is 2.77. The number of thioether (sulfide) groups is 1. The van der Waals surface area contributed by atoms with Crippen LogP contribution in [0.5, 0.6) is 0 Å². The molecule has 24 heavy (non-hydrogen) atoms. The highest BCUT2D eigenvalue weighted by molar-refractivity contribution is 8.18. The number of imide groups is 1. The second kappa shape index (κ2) is 7.45. The third kappa shape index (κ3) is 3.92. The third-order valence-electron chi connectivity index (χ3n) is 2.94. The van der Waals surface area contributed by atoms with Crippen LogP contribution in [0.3, 0.4) is 0 Å². The van der Waals surface area contributed by atoms with E-state index in [0.29, 0.717) is 11.8 Å². The van der Waals surface area contributed by atoms with Gasteiger partial charge in [-0.2, -0.15) is 0 Å². The standard InChI is InChI=1S/C14H11ClN2O6S/c1-2-23-12(18)7-16-13(19)11(24-14(16)20)6-8-5-9(17(21)22)3-4-10(8)15/h3-6H,2,7H2,1H3. The Morgan fingerprint density at radius 1 is 1.46 bits per heavy atom. The summed E-state index contributed by atoms with van der Waals surface area (Å²) in [6.45, 7) is 1.25. The summed E-state index contributed by atoms with van der Waals surface area (Å²) >= 11 is 6.59. The van der Waals surface area contributed by atoms with Gasteiger partial charge in [-0.15, -0.1) is 0 Å². The molecule has 0 aliphatic carbocycles. The topological polar surface area (TPSA) is 107 Å². The zero-order valence-corrected chi connectivity index (χ0v) is 13.9. The number of nitrogens with zero attached hydrogens (tertiary/aromatic N) is 2. The number of nitro benzene ring substituents is 1. The molecule has 1 aliphatic rings. The number of hydrogen-bond acceptors (Lipinski definition) is 7. The van der Waals surface area contributed by atoms with E-state index in [1.54, 1.807) is 6.92 Å². The summed E-state index contributed by atoms with van der Waals surface area (Å²) in [6.07, 6.45) is 1.28. The van der Waals surface area contributed by atoms with Crippen LogP contribution >= 0.6 is 23.4 Å². The SMILES string of the molecule is CCOC(=O)CN1C(=O)SC(=Cc2cc([N+](=O)[O-])ccc2Cl)C1=O. The number of non-ortho nitro benzene ring substituents is 1. The molecule has 126 valence electrons. The van der Waals surface area contributed by atoms with Crippen molar-refractivity contribution in [2.75, 3.05) is 13.2 Å². The number of ether oxygens (including phenoxy) is 1. The minimum atomic E-state index is -0.700. The molecule has 2 rings (SSSR count). The van der Waals surface area contributed by atoms with Crippen LogP contribution in [-0.2, 0) is 14.3 Å². The van der Waals surface area contributed by atoms with Crippen molar-refractivity contribution in [3.05, 3.63) is 43.8 Å². The van der Waals surface area contributed by atoms with Crippen molar-refractivity contribution in [3.8, 4) is 0 Å². The van der Waals surface area contributed by atoms with Crippen LogP contribution in [-0.4, -0.2) is 40.1 Å². The van der Waals surface area contributed by atoms with E-state index in [9.17, 15) is 24.5 Å². The van der Waals surface area contributed by atoms with E-state index in [-0.39, 0.29) is 27.8 Å². The largest absolute Gasteiger partial charge is 0.465 e. The highest BCUT2D eigenvalue weighted by Crippen LogP contribution is 2.34. The van der Waals surface area contributed by atoms with Crippen LogP contribution in [0, 0.1) is 10.1 Å². The molecule has 1 heterocycles. The van der Waals surface area contributed by atoms with Crippen LogP contribution < -0.4 is 0 Å². The molecule has 2 amide bonds. The Hall–Kier alpha value is -2.39. The molecule has 0 bridgehead atoms. The van der Waals surface area contributed by atoms with Gasteiger partial charge in [-0.25, -0.2) is 0 Å². The van der Waals surface area contributed by atoms with Gasteiger partial charge in [0.05, 0.1) is 16.4 Å². The van der Waals surface area contributed by atoms with Gasteiger partial charge in [0, 0.05) is 22.7 Å². The lowest BCUT2D eigenvalue weighted by Crippen LogP contribution is -2.34. The normalized spacial score (nSPS) is 15.9. The minimum absolute atomic E-state index is 0.0201. The fraction of sp³-hybridized carbons (Fsp3) is 0.214. The molecule has 8 nitrogen and oxygen atoms in total. The van der Waals surface area contributed by atoms with Crippen LogP contribution in [0.25, 0.3) is 6.08 Å². The number of halogens is 1. The first-order chi connectivity index (χ1) is 11.3. The Labute approximate surface area is 145 Å². The summed E-state index contributed by atoms with van der Waals surface area (Å²) in [7, 11) is 0. The lowest BCUT2D eigenvalue weighted by Gasteiger charge is -2.10. The van der Waals surface area contributed by atoms with E-state index in [1.165, 1.54) is 24.3 Å². The molecule has 0 atom stereocenters. The van der Waals surface area contributed by atoms with Gasteiger partial charge >= 0.3 is 5.97 Å². The van der Waals surface area contributed by atoms with Crippen LogP contribution in [0.4, 0.5) is 10.5 Å². The number of carbonyl (C=O) groups is 3. The van der Waals surface area contributed by atoms with Crippen molar-refractivity contribution in [1.82, 2.24) is 4.90 Å². The van der Waals surface area contributed by atoms with E-state index >= 15 is 0 Å². The molecule has 0 unspecified atom stereocenters. The zero-order valence-electron chi connectivity index (χ0n) is 12.4. The van der Waals surface area contributed by atoms with E-state index in [2.05, 4.69) is 0 Å². The highest BCUT2D eigenvalue weighted by atomic mass is 35.5. The Kier molecular flexibility index (Phi) is 5.58. The second-order valence-electron chi connectivity index (χ2n) is 4.54. The smallest absolute Gasteiger partial charge is 0.326 e. The predicted molar refractivity (Wildman–Crippen MR) is 87.4 cm³/mol. The number of hydrogen-bond donors (Lipinski definition) is 0. The van der Waals surface area contributed by atoms with E-state index in [4.69, 9.17) is 16.3 Å². The van der Waals surface area contributed by atoms with E-state index in [1.807, 2.05) is 0 Å². The number of benzene rings is 1. The quantitative estimate of drug-likeness (QED) is 0.339. The number of rotatable bonds is 5. The van der Waals surface area contributed by atoms with Crippen molar-refractivity contribution in [1.29, 1.82) is 0 Å². The van der Waals surface area contributed by atoms with Crippen molar-refractivity contribution in [2.24, 2.45) is 0 Å². The summed E-state index contributed by atoms with van der Waals surface area (Å²) in [5.74, 6) is -1.38. The van der Waals surface area contributed by atoms with E-state index in [0.717, 1.165) is 4.90 Å². The number of esters is 1. The Bertz CT molecular complexity index is 764. The number of amides is 2. The van der Waals surface area contributed by atoms with Crippen molar-refractivity contribution >= 4 is 52.2 Å². The second-order valence-corrected chi connectivity index (χ2v) is 5.94. The molecular weight excluding hydrogens is 360 g/mol. The fourth-order valence-electron chi connectivity index (χ4n) is 1.87. The van der Waals surface area contributed by atoms with Gasteiger partial charge in [-0.05, 0) is 30.8 Å². The molecule has 1 saturated heterocycles. The Morgan fingerprint density at radius 3 is 2.79 bits per heavy atom. The van der Waals surface area contributed by atoms with Crippen molar-refractivity contribution in [3.63, 3.8) is 0 Å². The summed E-state index contributed by atoms with van der Waals surface area (Å²) in [5, 5.41) is 10.4. The highest BCUT2D eigenvalue weighted by Gasteiger charge is 2.36. The molecule has 0 saturated carbocycles. The molecular formula is C14H11ClN2O6S. The lowest BCUT2D eigenvalue weighted by molar-refractivity contribution is -0.384. The molecule has 1 aliphatic heterocycles. The molecule has 1 fully saturated rings. The first-order valence-electron chi connectivity index (χ1n) is 6.68. The molecule has 0 radical (unpaired) electrons. The maximum atomic E-state index is 12.2. The van der Waals surface area contributed by atoms with Gasteiger partial charge in [-0.3, -0.25) is 29.4 Å². The van der Waals surface area contributed by atoms with Crippen LogP contribution in [0.2, 0.25) is 5.02 Å². The van der Waals surface area contributed by atoms with Gasteiger partial charge in [-0.1, -0.05) is 11.6 Å². The summed E-state index contributed by atoms with van der Waals surface area (Å²) in [6, 6.07) is 3.75. The van der Waals surface area contributed by atoms with Crippen LogP contribution in [0.15, 0.2) is 23.1 Å². The summed E-state index contributed by atoms with van der Waals surface area (Å²) < 4.78 is 4.71. The average molecular weight is 371 g/mol. The summed E-state index contributed by atoms with van der Waals surface area (Å²) in [5.41, 5.74) is 0.0314. The van der Waals surface area contributed by atoms with Gasteiger partial charge in [0.25, 0.3) is 16.8 Å². The minimum Gasteiger partial charge on any atom is -0.465 e. The van der Waals surface area contributed by atoms with Crippen molar-refractivity contribution in [2.45, 2.75) is 6.92 Å². The fourth-order valence-corrected chi connectivity index (χ4v) is 2.87.